The standard InChI is InChI=1S/C27H40O5/c1-20(14-16-27(30)21(2)10-8-15-26(27,4)5)9-6-11-23(18-31-22(3)28)12-7-13-24-17-25(29)32-19-24/h7,9,12-13,17,21,30H,6,8,10-11,14-16,18-19H2,1-5H3. The fourth-order valence-electron chi connectivity index (χ4n) is 4.74. The van der Waals surface area contributed by atoms with E-state index in [4.69, 9.17) is 9.47 Å². The van der Waals surface area contributed by atoms with Gasteiger partial charge in [-0.3, -0.25) is 4.79 Å². The van der Waals surface area contributed by atoms with E-state index < -0.39 is 5.60 Å². The highest BCUT2D eigenvalue weighted by Gasteiger charge is 2.48. The fourth-order valence-corrected chi connectivity index (χ4v) is 4.74. The zero-order chi connectivity index (χ0) is 23.8. The SMILES string of the molecule is CC(=O)OCC(=CC=CC1=CC(=O)OC1)CCC=C(C)CCC1(O)C(C)CCCC1(C)C. The maximum absolute atomic E-state index is 11.4. The van der Waals surface area contributed by atoms with Gasteiger partial charge >= 0.3 is 11.9 Å². The summed E-state index contributed by atoms with van der Waals surface area (Å²) in [4.78, 5) is 22.4. The van der Waals surface area contributed by atoms with Crippen LogP contribution in [0.5, 0.6) is 0 Å². The van der Waals surface area contributed by atoms with Crippen LogP contribution in [0, 0.1) is 11.3 Å². The molecule has 2 aliphatic rings. The first-order chi connectivity index (χ1) is 15.0. The van der Waals surface area contributed by atoms with Gasteiger partial charge in [-0.05, 0) is 67.9 Å². The lowest BCUT2D eigenvalue weighted by molar-refractivity contribution is -0.140. The van der Waals surface area contributed by atoms with Crippen molar-refractivity contribution in [3.8, 4) is 0 Å². The van der Waals surface area contributed by atoms with E-state index in [-0.39, 0.29) is 24.0 Å². The topological polar surface area (TPSA) is 72.8 Å². The van der Waals surface area contributed by atoms with Crippen molar-refractivity contribution in [1.82, 2.24) is 0 Å². The predicted molar refractivity (Wildman–Crippen MR) is 127 cm³/mol. The summed E-state index contributed by atoms with van der Waals surface area (Å²) in [5, 5.41) is 11.4. The zero-order valence-corrected chi connectivity index (χ0v) is 20.4. The van der Waals surface area contributed by atoms with E-state index in [0.717, 1.165) is 49.7 Å². The molecule has 0 amide bonds. The fraction of sp³-hybridized carbons (Fsp3) is 0.630. The zero-order valence-electron chi connectivity index (χ0n) is 20.4. The lowest BCUT2D eigenvalue weighted by atomic mass is 9.59. The van der Waals surface area contributed by atoms with Crippen LogP contribution in [0.2, 0.25) is 0 Å². The van der Waals surface area contributed by atoms with Crippen molar-refractivity contribution in [2.45, 2.75) is 85.2 Å². The summed E-state index contributed by atoms with van der Waals surface area (Å²) in [7, 11) is 0. The molecule has 0 radical (unpaired) electrons. The summed E-state index contributed by atoms with van der Waals surface area (Å²) in [6.07, 6.45) is 16.0. The minimum atomic E-state index is -0.619. The molecular weight excluding hydrogens is 404 g/mol. The van der Waals surface area contributed by atoms with Gasteiger partial charge in [-0.25, -0.2) is 4.79 Å². The van der Waals surface area contributed by atoms with Crippen molar-refractivity contribution in [2.24, 2.45) is 11.3 Å². The Labute approximate surface area is 193 Å². The van der Waals surface area contributed by atoms with Crippen molar-refractivity contribution in [3.05, 3.63) is 47.1 Å². The molecule has 5 nitrogen and oxygen atoms in total. The predicted octanol–water partition coefficient (Wildman–Crippen LogP) is 5.60. The number of esters is 2. The Bertz CT molecular complexity index is 799. The first-order valence-corrected chi connectivity index (χ1v) is 11.8. The van der Waals surface area contributed by atoms with E-state index in [1.54, 1.807) is 0 Å². The van der Waals surface area contributed by atoms with Gasteiger partial charge in [0.2, 0.25) is 0 Å². The van der Waals surface area contributed by atoms with Gasteiger partial charge in [-0.1, -0.05) is 57.1 Å². The van der Waals surface area contributed by atoms with E-state index in [2.05, 4.69) is 33.8 Å². The normalized spacial score (nSPS) is 26.2. The Morgan fingerprint density at radius 3 is 2.69 bits per heavy atom. The molecule has 0 bridgehead atoms. The first-order valence-electron chi connectivity index (χ1n) is 11.8. The average Bonchev–Trinajstić information content (AvgIpc) is 3.13. The Morgan fingerprint density at radius 1 is 1.31 bits per heavy atom. The summed E-state index contributed by atoms with van der Waals surface area (Å²) in [6, 6.07) is 0. The minimum absolute atomic E-state index is 0.0539. The molecule has 178 valence electrons. The largest absolute Gasteiger partial charge is 0.461 e. The van der Waals surface area contributed by atoms with Crippen LogP contribution in [-0.2, 0) is 19.1 Å². The minimum Gasteiger partial charge on any atom is -0.461 e. The Morgan fingerprint density at radius 2 is 2.06 bits per heavy atom. The molecule has 0 aromatic heterocycles. The quantitative estimate of drug-likeness (QED) is 0.270. The number of allylic oxidation sites excluding steroid dienone is 4. The lowest BCUT2D eigenvalue weighted by Gasteiger charge is -2.51. The van der Waals surface area contributed by atoms with Gasteiger partial charge < -0.3 is 14.6 Å². The van der Waals surface area contributed by atoms with Crippen LogP contribution in [0.25, 0.3) is 0 Å². The third-order valence-electron chi connectivity index (χ3n) is 7.07. The first kappa shape index (κ1) is 26.1. The van der Waals surface area contributed by atoms with Crippen LogP contribution < -0.4 is 0 Å². The molecule has 1 N–H and O–H groups in total. The summed E-state index contributed by atoms with van der Waals surface area (Å²) >= 11 is 0. The van der Waals surface area contributed by atoms with Crippen molar-refractivity contribution < 1.29 is 24.2 Å². The van der Waals surface area contributed by atoms with Gasteiger partial charge in [0.1, 0.15) is 13.2 Å². The maximum atomic E-state index is 11.4. The second-order valence-corrected chi connectivity index (χ2v) is 9.98. The van der Waals surface area contributed by atoms with Crippen LogP contribution >= 0.6 is 0 Å². The molecule has 1 saturated carbocycles. The molecule has 1 aliphatic heterocycles. The van der Waals surface area contributed by atoms with E-state index in [1.807, 2.05) is 18.2 Å². The van der Waals surface area contributed by atoms with Crippen molar-refractivity contribution in [1.29, 1.82) is 0 Å². The van der Waals surface area contributed by atoms with Crippen molar-refractivity contribution >= 4 is 11.9 Å². The third-order valence-corrected chi connectivity index (χ3v) is 7.07. The molecule has 0 aromatic rings. The van der Waals surface area contributed by atoms with Crippen LogP contribution in [0.3, 0.4) is 0 Å². The molecule has 2 atom stereocenters. The Balaban J connectivity index is 1.92. The highest BCUT2D eigenvalue weighted by molar-refractivity contribution is 5.86. The van der Waals surface area contributed by atoms with Gasteiger partial charge in [0, 0.05) is 13.0 Å². The number of aliphatic hydroxyl groups is 1. The molecule has 1 fully saturated rings. The molecular formula is C27H40O5. The summed E-state index contributed by atoms with van der Waals surface area (Å²) in [5.41, 5.74) is 2.44. The molecule has 1 heterocycles. The van der Waals surface area contributed by atoms with Gasteiger partial charge in [0.05, 0.1) is 5.60 Å². The molecule has 2 unspecified atom stereocenters. The number of cyclic esters (lactones) is 1. The number of hydrogen-bond acceptors (Lipinski definition) is 5. The Kier molecular flexibility index (Phi) is 9.50. The van der Waals surface area contributed by atoms with Crippen molar-refractivity contribution in [2.75, 3.05) is 13.2 Å². The highest BCUT2D eigenvalue weighted by Crippen LogP contribution is 2.49. The number of hydrogen-bond donors (Lipinski definition) is 1. The molecule has 1 aliphatic carbocycles. The second-order valence-electron chi connectivity index (χ2n) is 9.98. The third kappa shape index (κ3) is 7.47. The van der Waals surface area contributed by atoms with Crippen LogP contribution in [0.4, 0.5) is 0 Å². The average molecular weight is 445 g/mol. The van der Waals surface area contributed by atoms with Crippen LogP contribution in [0.1, 0.15) is 79.6 Å². The van der Waals surface area contributed by atoms with Crippen molar-refractivity contribution in [3.63, 3.8) is 0 Å². The molecule has 32 heavy (non-hydrogen) atoms. The summed E-state index contributed by atoms with van der Waals surface area (Å²) in [6.45, 7) is 10.7. The molecule has 0 saturated heterocycles. The monoisotopic (exact) mass is 444 g/mol. The molecule has 0 aromatic carbocycles. The smallest absolute Gasteiger partial charge is 0.331 e. The highest BCUT2D eigenvalue weighted by atomic mass is 16.5. The van der Waals surface area contributed by atoms with E-state index in [0.29, 0.717) is 12.5 Å². The number of rotatable bonds is 10. The maximum Gasteiger partial charge on any atom is 0.331 e. The van der Waals surface area contributed by atoms with Gasteiger partial charge in [-0.2, -0.15) is 0 Å². The van der Waals surface area contributed by atoms with Gasteiger partial charge in [-0.15, -0.1) is 0 Å². The van der Waals surface area contributed by atoms with Gasteiger partial charge in [0.25, 0.3) is 0 Å². The van der Waals surface area contributed by atoms with E-state index in [9.17, 15) is 14.7 Å². The van der Waals surface area contributed by atoms with Crippen LogP contribution in [-0.4, -0.2) is 35.9 Å². The molecule has 5 heteroatoms. The summed E-state index contributed by atoms with van der Waals surface area (Å²) < 4.78 is 10.1. The number of carbonyl (C=O) groups is 2. The van der Waals surface area contributed by atoms with E-state index in [1.165, 1.54) is 25.0 Å². The number of ether oxygens (including phenoxy) is 2. The van der Waals surface area contributed by atoms with Gasteiger partial charge in [0.15, 0.2) is 0 Å². The summed E-state index contributed by atoms with van der Waals surface area (Å²) in [5.74, 6) is -0.300. The van der Waals surface area contributed by atoms with E-state index >= 15 is 0 Å². The van der Waals surface area contributed by atoms with Crippen LogP contribution in [0.15, 0.2) is 47.1 Å². The number of carbonyl (C=O) groups excluding carboxylic acids is 2. The molecule has 0 spiro atoms. The molecule has 2 rings (SSSR count). The second kappa shape index (κ2) is 11.6. The Hall–Kier alpha value is -2.14. The lowest BCUT2D eigenvalue weighted by Crippen LogP contribution is -2.52.